The lowest BCUT2D eigenvalue weighted by atomic mass is 10.0. The Morgan fingerprint density at radius 1 is 0.921 bits per heavy atom. The Morgan fingerprint density at radius 3 is 2.21 bits per heavy atom. The SMILES string of the molecule is COc1ccc(CCN2CCC(N(C(=O)/C=C/c3cccs3)c3ccc(OC)c(OC)c3)CC2)cc1OC. The van der Waals surface area contributed by atoms with Crippen LogP contribution in [0.4, 0.5) is 5.69 Å². The van der Waals surface area contributed by atoms with Crippen molar-refractivity contribution >= 4 is 29.0 Å². The molecule has 0 atom stereocenters. The first-order valence-electron chi connectivity index (χ1n) is 12.8. The minimum Gasteiger partial charge on any atom is -0.493 e. The van der Waals surface area contributed by atoms with Gasteiger partial charge in [0, 0.05) is 48.4 Å². The standard InChI is InChI=1S/C30H36N2O5S/c1-34-26-10-7-22(20-28(26)36-3)13-16-31-17-14-23(15-18-31)32(30(33)12-9-25-6-5-19-38-25)24-8-11-27(35-2)29(21-24)37-4/h5-12,19-21,23H,13-18H2,1-4H3/b12-9+. The van der Waals surface area contributed by atoms with E-state index in [1.807, 2.05) is 58.8 Å². The Kier molecular flexibility index (Phi) is 9.67. The van der Waals surface area contributed by atoms with Gasteiger partial charge in [-0.05, 0) is 66.6 Å². The van der Waals surface area contributed by atoms with Crippen LogP contribution in [0.3, 0.4) is 0 Å². The molecule has 0 saturated carbocycles. The van der Waals surface area contributed by atoms with Gasteiger partial charge in [-0.15, -0.1) is 11.3 Å². The molecular weight excluding hydrogens is 500 g/mol. The first-order valence-corrected chi connectivity index (χ1v) is 13.6. The largest absolute Gasteiger partial charge is 0.493 e. The number of hydrogen-bond donors (Lipinski definition) is 0. The second kappa shape index (κ2) is 13.3. The zero-order valence-electron chi connectivity index (χ0n) is 22.5. The monoisotopic (exact) mass is 536 g/mol. The summed E-state index contributed by atoms with van der Waals surface area (Å²) in [5, 5.41) is 2.01. The number of nitrogens with zero attached hydrogens (tertiary/aromatic N) is 2. The van der Waals surface area contributed by atoms with Gasteiger partial charge in [0.15, 0.2) is 23.0 Å². The molecule has 0 aliphatic carbocycles. The van der Waals surface area contributed by atoms with Crippen LogP contribution in [0, 0.1) is 0 Å². The molecule has 1 aliphatic heterocycles. The molecule has 2 aromatic carbocycles. The van der Waals surface area contributed by atoms with Gasteiger partial charge in [0.25, 0.3) is 5.91 Å². The molecule has 0 spiro atoms. The lowest BCUT2D eigenvalue weighted by molar-refractivity contribution is -0.114. The summed E-state index contributed by atoms with van der Waals surface area (Å²) in [6.07, 6.45) is 6.26. The number of rotatable bonds is 11. The molecule has 0 bridgehead atoms. The Labute approximate surface area is 229 Å². The predicted octanol–water partition coefficient (Wildman–Crippen LogP) is 5.54. The number of thiophene rings is 1. The highest BCUT2D eigenvalue weighted by molar-refractivity contribution is 7.10. The highest BCUT2D eigenvalue weighted by Gasteiger charge is 2.29. The first-order chi connectivity index (χ1) is 18.6. The molecule has 1 aliphatic rings. The fourth-order valence-electron chi connectivity index (χ4n) is 4.84. The number of likely N-dealkylation sites (tertiary alicyclic amines) is 1. The van der Waals surface area contributed by atoms with E-state index >= 15 is 0 Å². The number of carbonyl (C=O) groups is 1. The molecule has 202 valence electrons. The molecule has 0 radical (unpaired) electrons. The van der Waals surface area contributed by atoms with Gasteiger partial charge >= 0.3 is 0 Å². The minimum atomic E-state index is -0.0330. The average molecular weight is 537 g/mol. The fraction of sp³-hybridized carbons (Fsp3) is 0.367. The lowest BCUT2D eigenvalue weighted by Crippen LogP contribution is -2.47. The van der Waals surface area contributed by atoms with Crippen molar-refractivity contribution in [3.63, 3.8) is 0 Å². The molecule has 1 fully saturated rings. The Morgan fingerprint density at radius 2 is 1.58 bits per heavy atom. The Hall–Kier alpha value is -3.49. The zero-order valence-corrected chi connectivity index (χ0v) is 23.3. The zero-order chi connectivity index (χ0) is 26.9. The second-order valence-corrected chi connectivity index (χ2v) is 10.1. The topological polar surface area (TPSA) is 60.5 Å². The van der Waals surface area contributed by atoms with Crippen LogP contribution in [0.15, 0.2) is 60.0 Å². The number of anilines is 1. The van der Waals surface area contributed by atoms with Crippen LogP contribution in [0.1, 0.15) is 23.3 Å². The van der Waals surface area contributed by atoms with E-state index in [0.29, 0.717) is 11.5 Å². The van der Waals surface area contributed by atoms with Crippen LogP contribution < -0.4 is 23.8 Å². The normalized spacial score (nSPS) is 14.4. The Balaban J connectivity index is 1.45. The third kappa shape index (κ3) is 6.68. The minimum absolute atomic E-state index is 0.0330. The summed E-state index contributed by atoms with van der Waals surface area (Å²) in [7, 11) is 6.53. The molecule has 1 amide bonds. The summed E-state index contributed by atoms with van der Waals surface area (Å²) in [5.41, 5.74) is 2.03. The number of piperidine rings is 1. The molecule has 1 saturated heterocycles. The quantitative estimate of drug-likeness (QED) is 0.300. The average Bonchev–Trinajstić information content (AvgIpc) is 3.49. The van der Waals surface area contributed by atoms with E-state index < -0.39 is 0 Å². The van der Waals surface area contributed by atoms with Gasteiger partial charge in [-0.3, -0.25) is 4.79 Å². The smallest absolute Gasteiger partial charge is 0.251 e. The van der Waals surface area contributed by atoms with Gasteiger partial charge in [-0.1, -0.05) is 12.1 Å². The van der Waals surface area contributed by atoms with Gasteiger partial charge in [-0.2, -0.15) is 0 Å². The maximum atomic E-state index is 13.5. The molecule has 2 heterocycles. The molecule has 0 N–H and O–H groups in total. The summed E-state index contributed by atoms with van der Waals surface area (Å²) in [6, 6.07) is 15.8. The Bertz CT molecular complexity index is 1220. The highest BCUT2D eigenvalue weighted by Crippen LogP contribution is 2.34. The van der Waals surface area contributed by atoms with Crippen molar-refractivity contribution in [2.45, 2.75) is 25.3 Å². The van der Waals surface area contributed by atoms with E-state index in [0.717, 1.165) is 61.0 Å². The van der Waals surface area contributed by atoms with Gasteiger partial charge in [0.2, 0.25) is 0 Å². The van der Waals surface area contributed by atoms with Crippen LogP contribution in [-0.2, 0) is 11.2 Å². The second-order valence-electron chi connectivity index (χ2n) is 9.11. The van der Waals surface area contributed by atoms with Gasteiger partial charge < -0.3 is 28.7 Å². The number of ether oxygens (including phenoxy) is 4. The van der Waals surface area contributed by atoms with Crippen molar-refractivity contribution in [1.29, 1.82) is 0 Å². The maximum Gasteiger partial charge on any atom is 0.251 e. The summed E-state index contributed by atoms with van der Waals surface area (Å²) in [4.78, 5) is 19.0. The van der Waals surface area contributed by atoms with E-state index in [1.54, 1.807) is 45.9 Å². The highest BCUT2D eigenvalue weighted by atomic mass is 32.1. The molecule has 4 rings (SSSR count). The number of hydrogen-bond acceptors (Lipinski definition) is 7. The van der Waals surface area contributed by atoms with Gasteiger partial charge in [0.1, 0.15) is 0 Å². The molecule has 8 heteroatoms. The molecule has 0 unspecified atom stereocenters. The van der Waals surface area contributed by atoms with Gasteiger partial charge in [-0.25, -0.2) is 0 Å². The lowest BCUT2D eigenvalue weighted by Gasteiger charge is -2.38. The molecular formula is C30H36N2O5S. The summed E-state index contributed by atoms with van der Waals surface area (Å²) < 4.78 is 21.8. The summed E-state index contributed by atoms with van der Waals surface area (Å²) in [6.45, 7) is 2.79. The molecule has 3 aromatic rings. The molecule has 38 heavy (non-hydrogen) atoms. The van der Waals surface area contributed by atoms with Crippen molar-refractivity contribution in [2.24, 2.45) is 0 Å². The van der Waals surface area contributed by atoms with Crippen molar-refractivity contribution < 1.29 is 23.7 Å². The van der Waals surface area contributed by atoms with Crippen molar-refractivity contribution in [2.75, 3.05) is 53.0 Å². The molecule has 7 nitrogen and oxygen atoms in total. The maximum absolute atomic E-state index is 13.5. The van der Waals surface area contributed by atoms with E-state index in [2.05, 4.69) is 11.0 Å². The number of methoxy groups -OCH3 is 4. The van der Waals surface area contributed by atoms with Gasteiger partial charge in [0.05, 0.1) is 28.4 Å². The summed E-state index contributed by atoms with van der Waals surface area (Å²) >= 11 is 1.61. The molecule has 1 aromatic heterocycles. The van der Waals surface area contributed by atoms with Crippen molar-refractivity contribution in [1.82, 2.24) is 4.90 Å². The van der Waals surface area contributed by atoms with E-state index in [4.69, 9.17) is 18.9 Å². The van der Waals surface area contributed by atoms with E-state index in [-0.39, 0.29) is 11.9 Å². The van der Waals surface area contributed by atoms with Crippen LogP contribution in [0.5, 0.6) is 23.0 Å². The number of amides is 1. The van der Waals surface area contributed by atoms with Crippen molar-refractivity contribution in [3.05, 3.63) is 70.4 Å². The summed E-state index contributed by atoms with van der Waals surface area (Å²) in [5.74, 6) is 2.71. The van der Waals surface area contributed by atoms with Crippen LogP contribution in [-0.4, -0.2) is 64.9 Å². The third-order valence-corrected chi connectivity index (χ3v) is 7.74. The van der Waals surface area contributed by atoms with Crippen LogP contribution in [0.25, 0.3) is 6.08 Å². The van der Waals surface area contributed by atoms with E-state index in [1.165, 1.54) is 5.56 Å². The first kappa shape index (κ1) is 27.5. The van der Waals surface area contributed by atoms with Crippen LogP contribution >= 0.6 is 11.3 Å². The predicted molar refractivity (Wildman–Crippen MR) is 153 cm³/mol. The van der Waals surface area contributed by atoms with Crippen LogP contribution in [0.2, 0.25) is 0 Å². The number of carbonyl (C=O) groups excluding carboxylic acids is 1. The number of benzene rings is 2. The fourth-order valence-corrected chi connectivity index (χ4v) is 5.46. The van der Waals surface area contributed by atoms with Crippen molar-refractivity contribution in [3.8, 4) is 23.0 Å². The van der Waals surface area contributed by atoms with E-state index in [9.17, 15) is 4.79 Å². The third-order valence-electron chi connectivity index (χ3n) is 6.90.